The molecule has 0 saturated carbocycles. The number of nitro benzene ring substituents is 1. The van der Waals surface area contributed by atoms with Crippen LogP contribution >= 0.6 is 22.9 Å². The number of halogens is 1. The molecule has 10 heteroatoms. The van der Waals surface area contributed by atoms with Crippen molar-refractivity contribution >= 4 is 40.6 Å². The SMILES string of the molecule is O=C(NCC1CCN(C(=O)Oc2ccc([N+](=O)[O-])cc2)CC1)c1ccc(Cl)s1. The highest BCUT2D eigenvalue weighted by Crippen LogP contribution is 2.23. The number of amides is 2. The van der Waals surface area contributed by atoms with Crippen molar-refractivity contribution in [1.82, 2.24) is 10.2 Å². The van der Waals surface area contributed by atoms with E-state index < -0.39 is 11.0 Å². The van der Waals surface area contributed by atoms with Crippen LogP contribution in [0.15, 0.2) is 36.4 Å². The zero-order chi connectivity index (χ0) is 20.1. The molecule has 2 heterocycles. The van der Waals surface area contributed by atoms with Gasteiger partial charge in [-0.2, -0.15) is 0 Å². The number of thiophene rings is 1. The number of piperidine rings is 1. The minimum Gasteiger partial charge on any atom is -0.410 e. The first-order chi connectivity index (χ1) is 13.4. The largest absolute Gasteiger partial charge is 0.415 e. The molecule has 1 aromatic heterocycles. The summed E-state index contributed by atoms with van der Waals surface area (Å²) in [4.78, 5) is 36.6. The van der Waals surface area contributed by atoms with Gasteiger partial charge < -0.3 is 15.0 Å². The molecule has 1 aliphatic heterocycles. The Balaban J connectivity index is 1.42. The highest BCUT2D eigenvalue weighted by Gasteiger charge is 2.25. The summed E-state index contributed by atoms with van der Waals surface area (Å²) in [5.41, 5.74) is -0.0625. The molecule has 0 bridgehead atoms. The Morgan fingerprint density at radius 1 is 1.21 bits per heavy atom. The van der Waals surface area contributed by atoms with E-state index in [1.807, 2.05) is 0 Å². The molecule has 8 nitrogen and oxygen atoms in total. The molecule has 1 saturated heterocycles. The van der Waals surface area contributed by atoms with Crippen LogP contribution in [0.4, 0.5) is 10.5 Å². The molecule has 1 aliphatic rings. The van der Waals surface area contributed by atoms with Gasteiger partial charge in [0, 0.05) is 31.8 Å². The number of ether oxygens (including phenoxy) is 1. The van der Waals surface area contributed by atoms with E-state index in [-0.39, 0.29) is 23.3 Å². The van der Waals surface area contributed by atoms with Gasteiger partial charge in [-0.05, 0) is 43.0 Å². The summed E-state index contributed by atoms with van der Waals surface area (Å²) in [6.45, 7) is 1.59. The highest BCUT2D eigenvalue weighted by atomic mass is 35.5. The predicted molar refractivity (Wildman–Crippen MR) is 105 cm³/mol. The van der Waals surface area contributed by atoms with Crippen molar-refractivity contribution in [2.24, 2.45) is 5.92 Å². The van der Waals surface area contributed by atoms with Crippen LogP contribution in [0.1, 0.15) is 22.5 Å². The number of hydrogen-bond acceptors (Lipinski definition) is 6. The maximum atomic E-state index is 12.2. The maximum absolute atomic E-state index is 12.2. The summed E-state index contributed by atoms with van der Waals surface area (Å²) in [7, 11) is 0. The van der Waals surface area contributed by atoms with Crippen LogP contribution in [0.25, 0.3) is 0 Å². The molecule has 0 radical (unpaired) electrons. The summed E-state index contributed by atoms with van der Waals surface area (Å²) in [6, 6.07) is 8.76. The molecule has 1 fully saturated rings. The fourth-order valence-corrected chi connectivity index (χ4v) is 3.84. The first kappa shape index (κ1) is 20.1. The van der Waals surface area contributed by atoms with Gasteiger partial charge in [0.1, 0.15) is 5.75 Å². The third-order valence-electron chi connectivity index (χ3n) is 4.47. The van der Waals surface area contributed by atoms with Crippen LogP contribution in [0.5, 0.6) is 5.75 Å². The lowest BCUT2D eigenvalue weighted by molar-refractivity contribution is -0.384. The van der Waals surface area contributed by atoms with Crippen molar-refractivity contribution in [3.63, 3.8) is 0 Å². The maximum Gasteiger partial charge on any atom is 0.415 e. The Morgan fingerprint density at radius 2 is 1.89 bits per heavy atom. The lowest BCUT2D eigenvalue weighted by Crippen LogP contribution is -2.42. The minimum atomic E-state index is -0.512. The monoisotopic (exact) mass is 423 g/mol. The number of carbonyl (C=O) groups is 2. The van der Waals surface area contributed by atoms with E-state index in [4.69, 9.17) is 16.3 Å². The minimum absolute atomic E-state index is 0.0625. The highest BCUT2D eigenvalue weighted by molar-refractivity contribution is 7.17. The molecule has 1 aromatic carbocycles. The first-order valence-electron chi connectivity index (χ1n) is 8.67. The number of benzene rings is 1. The molecule has 28 heavy (non-hydrogen) atoms. The van der Waals surface area contributed by atoms with Crippen LogP contribution < -0.4 is 10.1 Å². The van der Waals surface area contributed by atoms with Crippen molar-refractivity contribution in [1.29, 1.82) is 0 Å². The number of nitrogens with zero attached hydrogens (tertiary/aromatic N) is 2. The fraction of sp³-hybridized carbons (Fsp3) is 0.333. The Bertz CT molecular complexity index is 862. The van der Waals surface area contributed by atoms with Crippen LogP contribution in [0, 0.1) is 16.0 Å². The second kappa shape index (κ2) is 9.03. The Labute approximate surface area is 170 Å². The molecule has 0 aliphatic carbocycles. The summed E-state index contributed by atoms with van der Waals surface area (Å²) in [5.74, 6) is 0.402. The van der Waals surface area contributed by atoms with Crippen molar-refractivity contribution in [2.45, 2.75) is 12.8 Å². The normalized spacial score (nSPS) is 14.5. The molecule has 2 amide bonds. The number of non-ortho nitro benzene ring substituents is 1. The quantitative estimate of drug-likeness (QED) is 0.579. The number of hydrogen-bond donors (Lipinski definition) is 1. The molecule has 0 spiro atoms. The van der Waals surface area contributed by atoms with Gasteiger partial charge in [0.05, 0.1) is 14.1 Å². The number of nitro groups is 1. The molecular formula is C18H18ClN3O5S. The van der Waals surface area contributed by atoms with E-state index >= 15 is 0 Å². The second-order valence-corrected chi connectivity index (χ2v) is 8.08. The van der Waals surface area contributed by atoms with Crippen molar-refractivity contribution in [3.8, 4) is 5.75 Å². The number of likely N-dealkylation sites (tertiary alicyclic amines) is 1. The zero-order valence-corrected chi connectivity index (χ0v) is 16.4. The third kappa shape index (κ3) is 5.20. The average Bonchev–Trinajstić information content (AvgIpc) is 3.13. The standard InChI is InChI=1S/C18H18ClN3O5S/c19-16-6-5-15(28-16)17(23)20-11-12-7-9-21(10-8-12)18(24)27-14-3-1-13(2-4-14)22(25)26/h1-6,12H,7-11H2,(H,20,23). The van der Waals surface area contributed by atoms with Crippen LogP contribution in [-0.4, -0.2) is 41.5 Å². The predicted octanol–water partition coefficient (Wildman–Crippen LogP) is 3.95. The van der Waals surface area contributed by atoms with E-state index in [0.717, 1.165) is 12.8 Å². The third-order valence-corrected chi connectivity index (χ3v) is 5.70. The van der Waals surface area contributed by atoms with Gasteiger partial charge in [0.2, 0.25) is 0 Å². The van der Waals surface area contributed by atoms with Crippen molar-refractivity contribution in [3.05, 3.63) is 55.7 Å². The summed E-state index contributed by atoms with van der Waals surface area (Å²) >= 11 is 7.07. The van der Waals surface area contributed by atoms with E-state index in [1.165, 1.54) is 35.6 Å². The topological polar surface area (TPSA) is 102 Å². The van der Waals surface area contributed by atoms with Crippen LogP contribution in [-0.2, 0) is 0 Å². The Hall–Kier alpha value is -2.65. The Morgan fingerprint density at radius 3 is 2.46 bits per heavy atom. The van der Waals surface area contributed by atoms with Gasteiger partial charge >= 0.3 is 6.09 Å². The number of nitrogens with one attached hydrogen (secondary N) is 1. The average molecular weight is 424 g/mol. The van der Waals surface area contributed by atoms with Gasteiger partial charge in [-0.25, -0.2) is 4.79 Å². The van der Waals surface area contributed by atoms with Crippen LogP contribution in [0.3, 0.4) is 0 Å². The van der Waals surface area contributed by atoms with Crippen molar-refractivity contribution in [2.75, 3.05) is 19.6 Å². The second-order valence-electron chi connectivity index (χ2n) is 6.36. The molecular weight excluding hydrogens is 406 g/mol. The van der Waals surface area contributed by atoms with Gasteiger partial charge in [-0.15, -0.1) is 11.3 Å². The number of rotatable bonds is 5. The van der Waals surface area contributed by atoms with Crippen LogP contribution in [0.2, 0.25) is 4.34 Å². The molecule has 3 rings (SSSR count). The smallest absolute Gasteiger partial charge is 0.410 e. The summed E-state index contributed by atoms with van der Waals surface area (Å²) in [5, 5.41) is 13.6. The Kier molecular flexibility index (Phi) is 6.48. The van der Waals surface area contributed by atoms with Gasteiger partial charge in [0.25, 0.3) is 11.6 Å². The lowest BCUT2D eigenvalue weighted by Gasteiger charge is -2.31. The number of carbonyl (C=O) groups excluding carboxylic acids is 2. The lowest BCUT2D eigenvalue weighted by atomic mass is 9.97. The molecule has 148 valence electrons. The van der Waals surface area contributed by atoms with Gasteiger partial charge in [0.15, 0.2) is 0 Å². The molecule has 0 atom stereocenters. The summed E-state index contributed by atoms with van der Waals surface area (Å²) < 4.78 is 5.84. The molecule has 1 N–H and O–H groups in total. The van der Waals surface area contributed by atoms with Gasteiger partial charge in [-0.1, -0.05) is 11.6 Å². The van der Waals surface area contributed by atoms with E-state index in [0.29, 0.717) is 28.8 Å². The first-order valence-corrected chi connectivity index (χ1v) is 9.86. The van der Waals surface area contributed by atoms with Crippen molar-refractivity contribution < 1.29 is 19.2 Å². The fourth-order valence-electron chi connectivity index (χ4n) is 2.88. The van der Waals surface area contributed by atoms with Gasteiger partial charge in [-0.3, -0.25) is 14.9 Å². The van der Waals surface area contributed by atoms with E-state index in [2.05, 4.69) is 5.32 Å². The van der Waals surface area contributed by atoms with E-state index in [1.54, 1.807) is 17.0 Å². The molecule has 0 unspecified atom stereocenters. The zero-order valence-electron chi connectivity index (χ0n) is 14.8. The summed E-state index contributed by atoms with van der Waals surface area (Å²) in [6.07, 6.45) is 1.02. The van der Waals surface area contributed by atoms with E-state index in [9.17, 15) is 19.7 Å². The molecule has 2 aromatic rings.